The van der Waals surface area contributed by atoms with E-state index in [1.165, 1.54) is 0 Å². The summed E-state index contributed by atoms with van der Waals surface area (Å²) in [7, 11) is 0. The number of hydrogen-bond donors (Lipinski definition) is 2. The Balaban J connectivity index is 1.55. The minimum Gasteiger partial charge on any atom is -0.489 e. The molecule has 2 aliphatic heterocycles. The molecule has 1 aromatic rings. The summed E-state index contributed by atoms with van der Waals surface area (Å²) in [4.78, 5) is 14.6. The van der Waals surface area contributed by atoms with Gasteiger partial charge in [-0.15, -0.1) is 0 Å². The number of carbonyl (C=O) groups is 1. The second kappa shape index (κ2) is 6.78. The number of rotatable bonds is 4. The zero-order valence-corrected chi connectivity index (χ0v) is 12.1. The Morgan fingerprint density at radius 3 is 3.00 bits per heavy atom. The monoisotopic (exact) mass is 291 g/mol. The van der Waals surface area contributed by atoms with Gasteiger partial charge in [-0.25, -0.2) is 0 Å². The van der Waals surface area contributed by atoms with E-state index in [0.29, 0.717) is 24.5 Å². The maximum Gasteiger partial charge on any atom is 0.255 e. The molecule has 0 aromatic heterocycles. The molecule has 1 fully saturated rings. The number of morpholine rings is 1. The second-order valence-corrected chi connectivity index (χ2v) is 5.17. The summed E-state index contributed by atoms with van der Waals surface area (Å²) in [5, 5.41) is 6.21. The van der Waals surface area contributed by atoms with Gasteiger partial charge in [0.25, 0.3) is 5.91 Å². The molecular weight excluding hydrogens is 270 g/mol. The molecule has 114 valence electrons. The predicted octanol–water partition coefficient (Wildman–Crippen LogP) is 0.553. The van der Waals surface area contributed by atoms with Crippen molar-refractivity contribution in [1.29, 1.82) is 0 Å². The summed E-state index contributed by atoms with van der Waals surface area (Å²) < 4.78 is 10.9. The molecule has 21 heavy (non-hydrogen) atoms. The number of nitrogens with one attached hydrogen (secondary N) is 2. The Labute approximate surface area is 124 Å². The molecule has 0 radical (unpaired) electrons. The van der Waals surface area contributed by atoms with Crippen LogP contribution in [0.1, 0.15) is 10.4 Å². The van der Waals surface area contributed by atoms with Crippen molar-refractivity contribution in [3.8, 4) is 5.75 Å². The quantitative estimate of drug-likeness (QED) is 0.848. The normalized spacial score (nSPS) is 18.3. The summed E-state index contributed by atoms with van der Waals surface area (Å²) in [5.41, 5.74) is 1.49. The van der Waals surface area contributed by atoms with E-state index in [9.17, 15) is 4.79 Å². The van der Waals surface area contributed by atoms with Gasteiger partial charge in [0.05, 0.1) is 24.5 Å². The topological polar surface area (TPSA) is 62.8 Å². The fourth-order valence-corrected chi connectivity index (χ4v) is 2.60. The number of hydrogen-bond acceptors (Lipinski definition) is 5. The average Bonchev–Trinajstić information content (AvgIpc) is 2.55. The zero-order chi connectivity index (χ0) is 14.5. The number of benzene rings is 1. The number of para-hydroxylation sites is 1. The van der Waals surface area contributed by atoms with E-state index < -0.39 is 0 Å². The molecule has 6 nitrogen and oxygen atoms in total. The molecule has 0 saturated carbocycles. The van der Waals surface area contributed by atoms with Crippen LogP contribution in [0.25, 0.3) is 0 Å². The highest BCUT2D eigenvalue weighted by Gasteiger charge is 2.19. The van der Waals surface area contributed by atoms with Gasteiger partial charge in [-0.1, -0.05) is 6.07 Å². The van der Waals surface area contributed by atoms with Crippen molar-refractivity contribution >= 4 is 11.6 Å². The van der Waals surface area contributed by atoms with Crippen LogP contribution in [0, 0.1) is 0 Å². The van der Waals surface area contributed by atoms with Gasteiger partial charge in [0, 0.05) is 32.7 Å². The van der Waals surface area contributed by atoms with Gasteiger partial charge >= 0.3 is 0 Å². The van der Waals surface area contributed by atoms with E-state index in [4.69, 9.17) is 9.47 Å². The van der Waals surface area contributed by atoms with Crippen molar-refractivity contribution in [2.75, 3.05) is 57.9 Å². The largest absolute Gasteiger partial charge is 0.489 e. The predicted molar refractivity (Wildman–Crippen MR) is 80.0 cm³/mol. The van der Waals surface area contributed by atoms with Crippen LogP contribution in [0.3, 0.4) is 0 Å². The highest BCUT2D eigenvalue weighted by atomic mass is 16.5. The van der Waals surface area contributed by atoms with Gasteiger partial charge in [-0.3, -0.25) is 9.69 Å². The molecule has 2 aliphatic rings. The molecule has 2 N–H and O–H groups in total. The van der Waals surface area contributed by atoms with Crippen molar-refractivity contribution in [3.63, 3.8) is 0 Å². The van der Waals surface area contributed by atoms with E-state index in [1.54, 1.807) is 6.07 Å². The van der Waals surface area contributed by atoms with E-state index in [2.05, 4.69) is 15.5 Å². The van der Waals surface area contributed by atoms with Gasteiger partial charge in [0.2, 0.25) is 0 Å². The summed E-state index contributed by atoms with van der Waals surface area (Å²) >= 11 is 0. The Kier molecular flexibility index (Phi) is 4.57. The van der Waals surface area contributed by atoms with Crippen molar-refractivity contribution in [2.24, 2.45) is 0 Å². The lowest BCUT2D eigenvalue weighted by Gasteiger charge is -2.26. The maximum absolute atomic E-state index is 12.3. The maximum atomic E-state index is 12.3. The van der Waals surface area contributed by atoms with Gasteiger partial charge < -0.3 is 20.1 Å². The number of nitrogens with zero attached hydrogens (tertiary/aromatic N) is 1. The van der Waals surface area contributed by atoms with Crippen LogP contribution < -0.4 is 15.4 Å². The van der Waals surface area contributed by atoms with Crippen LogP contribution in [0.2, 0.25) is 0 Å². The molecule has 0 unspecified atom stereocenters. The Hall–Kier alpha value is -1.79. The standard InChI is InChI=1S/C15H21N3O3/c19-15(17-4-6-18-7-10-20-11-8-18)12-2-1-3-13-14(12)21-9-5-16-13/h1-3,16H,4-11H2,(H,17,19). The van der Waals surface area contributed by atoms with Crippen LogP contribution in [-0.4, -0.2) is 63.4 Å². The first kappa shape index (κ1) is 14.2. The average molecular weight is 291 g/mol. The lowest BCUT2D eigenvalue weighted by atomic mass is 10.1. The minimum atomic E-state index is -0.0798. The van der Waals surface area contributed by atoms with E-state index in [1.807, 2.05) is 12.1 Å². The molecule has 1 saturated heterocycles. The molecule has 0 spiro atoms. The highest BCUT2D eigenvalue weighted by Crippen LogP contribution is 2.30. The van der Waals surface area contributed by atoms with Gasteiger partial charge in [0.15, 0.2) is 5.75 Å². The van der Waals surface area contributed by atoms with Crippen LogP contribution in [0.4, 0.5) is 5.69 Å². The van der Waals surface area contributed by atoms with Gasteiger partial charge in [-0.05, 0) is 12.1 Å². The van der Waals surface area contributed by atoms with Crippen LogP contribution in [0.5, 0.6) is 5.75 Å². The van der Waals surface area contributed by atoms with Crippen LogP contribution in [0.15, 0.2) is 18.2 Å². The third-order valence-electron chi connectivity index (χ3n) is 3.74. The van der Waals surface area contributed by atoms with E-state index in [0.717, 1.165) is 45.1 Å². The summed E-state index contributed by atoms with van der Waals surface area (Å²) in [6.07, 6.45) is 0. The Morgan fingerprint density at radius 1 is 1.29 bits per heavy atom. The number of ether oxygens (including phenoxy) is 2. The lowest BCUT2D eigenvalue weighted by Crippen LogP contribution is -2.41. The van der Waals surface area contributed by atoms with Crippen molar-refractivity contribution in [3.05, 3.63) is 23.8 Å². The molecular formula is C15H21N3O3. The minimum absolute atomic E-state index is 0.0798. The first-order valence-corrected chi connectivity index (χ1v) is 7.42. The fraction of sp³-hybridized carbons (Fsp3) is 0.533. The molecule has 2 heterocycles. The third kappa shape index (κ3) is 3.46. The number of anilines is 1. The number of carbonyl (C=O) groups excluding carboxylic acids is 1. The molecule has 0 aliphatic carbocycles. The van der Waals surface area contributed by atoms with Crippen molar-refractivity contribution in [1.82, 2.24) is 10.2 Å². The third-order valence-corrected chi connectivity index (χ3v) is 3.74. The van der Waals surface area contributed by atoms with Gasteiger partial charge in [-0.2, -0.15) is 0 Å². The smallest absolute Gasteiger partial charge is 0.255 e. The SMILES string of the molecule is O=C(NCCN1CCOCC1)c1cccc2c1OCCN2. The molecule has 1 amide bonds. The Bertz CT molecular complexity index is 501. The van der Waals surface area contributed by atoms with Gasteiger partial charge in [0.1, 0.15) is 6.61 Å². The lowest BCUT2D eigenvalue weighted by molar-refractivity contribution is 0.0383. The number of amides is 1. The Morgan fingerprint density at radius 2 is 2.14 bits per heavy atom. The summed E-state index contributed by atoms with van der Waals surface area (Å²) in [6.45, 7) is 6.27. The zero-order valence-electron chi connectivity index (χ0n) is 12.1. The second-order valence-electron chi connectivity index (χ2n) is 5.17. The van der Waals surface area contributed by atoms with E-state index in [-0.39, 0.29) is 5.91 Å². The van der Waals surface area contributed by atoms with Crippen LogP contribution in [-0.2, 0) is 4.74 Å². The molecule has 1 aromatic carbocycles. The first-order valence-electron chi connectivity index (χ1n) is 7.42. The molecule has 6 heteroatoms. The first-order chi connectivity index (χ1) is 10.3. The van der Waals surface area contributed by atoms with Crippen molar-refractivity contribution in [2.45, 2.75) is 0 Å². The van der Waals surface area contributed by atoms with Crippen molar-refractivity contribution < 1.29 is 14.3 Å². The summed E-state index contributed by atoms with van der Waals surface area (Å²) in [5.74, 6) is 0.580. The van der Waals surface area contributed by atoms with E-state index >= 15 is 0 Å². The molecule has 0 bridgehead atoms. The van der Waals surface area contributed by atoms with Crippen LogP contribution >= 0.6 is 0 Å². The molecule has 3 rings (SSSR count). The molecule has 0 atom stereocenters. The fourth-order valence-electron chi connectivity index (χ4n) is 2.60. The highest BCUT2D eigenvalue weighted by molar-refractivity contribution is 5.98. The summed E-state index contributed by atoms with van der Waals surface area (Å²) in [6, 6.07) is 5.60. The number of fused-ring (bicyclic) bond motifs is 1.